The lowest BCUT2D eigenvalue weighted by atomic mass is 10.0. The van der Waals surface area contributed by atoms with Crippen LogP contribution in [0.5, 0.6) is 0 Å². The van der Waals surface area contributed by atoms with Crippen LogP contribution >= 0.6 is 23.4 Å². The number of aliphatic imine (C=N–C) groups is 1. The van der Waals surface area contributed by atoms with E-state index in [4.69, 9.17) is 16.6 Å². The van der Waals surface area contributed by atoms with Gasteiger partial charge in [-0.25, -0.2) is 4.99 Å². The van der Waals surface area contributed by atoms with Gasteiger partial charge in [-0.15, -0.1) is 0 Å². The van der Waals surface area contributed by atoms with Crippen LogP contribution in [0.4, 0.5) is 5.69 Å². The van der Waals surface area contributed by atoms with Crippen LogP contribution in [0.25, 0.3) is 0 Å². The predicted molar refractivity (Wildman–Crippen MR) is 123 cm³/mol. The number of rotatable bonds is 3. The zero-order chi connectivity index (χ0) is 20.5. The number of halogens is 1. The first-order valence-corrected chi connectivity index (χ1v) is 11.4. The molecule has 150 valence electrons. The van der Waals surface area contributed by atoms with Crippen LogP contribution in [0.15, 0.2) is 81.5 Å². The molecule has 2 aliphatic rings. The summed E-state index contributed by atoms with van der Waals surface area (Å²) in [5, 5.41) is 3.83. The maximum Gasteiger partial charge on any atom is 0.251 e. The van der Waals surface area contributed by atoms with Crippen molar-refractivity contribution in [2.75, 3.05) is 0 Å². The first-order chi connectivity index (χ1) is 14.7. The molecule has 0 atom stereocenters. The van der Waals surface area contributed by atoms with E-state index in [-0.39, 0.29) is 11.9 Å². The average molecular weight is 433 g/mol. The second kappa shape index (κ2) is 8.29. The molecule has 1 aliphatic carbocycles. The molecule has 5 rings (SSSR count). The standard InChI is InChI=1S/C25H21ClN2OS/c26-20-11-5-3-9-18(20)24-19-10-4-6-12-22(19)30-23-14-13-16(15-21(23)28-24)25(29)27-17-7-1-2-8-17/h3-6,9-15,17H,1-2,7-8H2,(H,27,29). The summed E-state index contributed by atoms with van der Waals surface area (Å²) < 4.78 is 0. The Morgan fingerprint density at radius 3 is 2.47 bits per heavy atom. The highest BCUT2D eigenvalue weighted by Crippen LogP contribution is 2.42. The quantitative estimate of drug-likeness (QED) is 0.394. The van der Waals surface area contributed by atoms with Crippen molar-refractivity contribution in [1.82, 2.24) is 5.32 Å². The first kappa shape index (κ1) is 19.4. The summed E-state index contributed by atoms with van der Waals surface area (Å²) in [6.45, 7) is 0. The van der Waals surface area contributed by atoms with Crippen molar-refractivity contribution in [3.05, 3.63) is 88.4 Å². The van der Waals surface area contributed by atoms with Crippen molar-refractivity contribution in [3.63, 3.8) is 0 Å². The Hall–Kier alpha value is -2.56. The molecule has 1 heterocycles. The highest BCUT2D eigenvalue weighted by molar-refractivity contribution is 7.99. The topological polar surface area (TPSA) is 41.5 Å². The van der Waals surface area contributed by atoms with Crippen molar-refractivity contribution < 1.29 is 4.79 Å². The molecule has 0 spiro atoms. The normalized spacial score (nSPS) is 15.7. The summed E-state index contributed by atoms with van der Waals surface area (Å²) in [7, 11) is 0. The minimum atomic E-state index is -0.0223. The van der Waals surface area contributed by atoms with E-state index < -0.39 is 0 Å². The van der Waals surface area contributed by atoms with Gasteiger partial charge in [0.1, 0.15) is 0 Å². The number of carbonyl (C=O) groups is 1. The molecule has 0 bridgehead atoms. The molecule has 1 saturated carbocycles. The number of amides is 1. The van der Waals surface area contributed by atoms with Crippen LogP contribution in [0.2, 0.25) is 5.02 Å². The molecule has 1 N–H and O–H groups in total. The zero-order valence-corrected chi connectivity index (χ0v) is 18.0. The number of benzene rings is 3. The number of hydrogen-bond donors (Lipinski definition) is 1. The lowest BCUT2D eigenvalue weighted by Gasteiger charge is -2.13. The van der Waals surface area contributed by atoms with Gasteiger partial charge in [0, 0.05) is 37.5 Å². The fourth-order valence-electron chi connectivity index (χ4n) is 4.08. The molecular formula is C25H21ClN2OS. The van der Waals surface area contributed by atoms with Gasteiger partial charge in [-0.2, -0.15) is 0 Å². The van der Waals surface area contributed by atoms with E-state index in [9.17, 15) is 4.79 Å². The number of nitrogens with one attached hydrogen (secondary N) is 1. The van der Waals surface area contributed by atoms with E-state index in [1.807, 2.05) is 54.6 Å². The van der Waals surface area contributed by atoms with E-state index in [0.717, 1.165) is 45.2 Å². The van der Waals surface area contributed by atoms with E-state index >= 15 is 0 Å². The maximum atomic E-state index is 12.8. The van der Waals surface area contributed by atoms with Crippen molar-refractivity contribution in [3.8, 4) is 0 Å². The summed E-state index contributed by atoms with van der Waals surface area (Å²) >= 11 is 8.20. The van der Waals surface area contributed by atoms with Crippen LogP contribution in [0.1, 0.15) is 47.2 Å². The molecule has 0 saturated heterocycles. The Kier molecular flexibility index (Phi) is 5.36. The van der Waals surface area contributed by atoms with Gasteiger partial charge >= 0.3 is 0 Å². The van der Waals surface area contributed by atoms with Crippen LogP contribution in [0.3, 0.4) is 0 Å². The Bertz CT molecular complexity index is 1150. The molecule has 0 unspecified atom stereocenters. The lowest BCUT2D eigenvalue weighted by molar-refractivity contribution is 0.0938. The number of nitrogens with zero attached hydrogens (tertiary/aromatic N) is 1. The smallest absolute Gasteiger partial charge is 0.251 e. The molecule has 0 aromatic heterocycles. The Morgan fingerprint density at radius 2 is 1.67 bits per heavy atom. The van der Waals surface area contributed by atoms with Crippen LogP contribution in [-0.2, 0) is 0 Å². The summed E-state index contributed by atoms with van der Waals surface area (Å²) in [5.74, 6) is -0.0223. The number of hydrogen-bond acceptors (Lipinski definition) is 3. The van der Waals surface area contributed by atoms with Crippen LogP contribution < -0.4 is 5.32 Å². The molecule has 0 radical (unpaired) electrons. The molecule has 1 amide bonds. The first-order valence-electron chi connectivity index (χ1n) is 10.2. The third-order valence-electron chi connectivity index (χ3n) is 5.63. The van der Waals surface area contributed by atoms with Crippen molar-refractivity contribution >= 4 is 40.7 Å². The lowest BCUT2D eigenvalue weighted by Crippen LogP contribution is -2.32. The van der Waals surface area contributed by atoms with Crippen molar-refractivity contribution in [2.45, 2.75) is 41.5 Å². The zero-order valence-electron chi connectivity index (χ0n) is 16.4. The van der Waals surface area contributed by atoms with Crippen molar-refractivity contribution in [2.24, 2.45) is 4.99 Å². The second-order valence-corrected chi connectivity index (χ2v) is 9.17. The fourth-order valence-corrected chi connectivity index (χ4v) is 5.31. The summed E-state index contributed by atoms with van der Waals surface area (Å²) in [6.07, 6.45) is 4.51. The third kappa shape index (κ3) is 3.78. The van der Waals surface area contributed by atoms with E-state index in [1.54, 1.807) is 11.8 Å². The van der Waals surface area contributed by atoms with Gasteiger partial charge in [0.2, 0.25) is 0 Å². The van der Waals surface area contributed by atoms with Crippen molar-refractivity contribution in [1.29, 1.82) is 0 Å². The molecule has 5 heteroatoms. The average Bonchev–Trinajstić information content (AvgIpc) is 3.21. The maximum absolute atomic E-state index is 12.8. The fraction of sp³-hybridized carbons (Fsp3) is 0.200. The molecular weight excluding hydrogens is 412 g/mol. The van der Waals surface area contributed by atoms with Gasteiger partial charge in [0.05, 0.1) is 11.4 Å². The Labute approximate surface area is 185 Å². The monoisotopic (exact) mass is 432 g/mol. The van der Waals surface area contributed by atoms with Gasteiger partial charge in [0.15, 0.2) is 0 Å². The molecule has 1 aliphatic heterocycles. The van der Waals surface area contributed by atoms with Gasteiger partial charge in [0.25, 0.3) is 5.91 Å². The van der Waals surface area contributed by atoms with E-state index in [0.29, 0.717) is 10.6 Å². The molecule has 30 heavy (non-hydrogen) atoms. The highest BCUT2D eigenvalue weighted by atomic mass is 35.5. The number of fused-ring (bicyclic) bond motifs is 2. The summed E-state index contributed by atoms with van der Waals surface area (Å²) in [5.41, 5.74) is 4.21. The van der Waals surface area contributed by atoms with Gasteiger partial charge in [-0.05, 0) is 43.2 Å². The Morgan fingerprint density at radius 1 is 0.933 bits per heavy atom. The predicted octanol–water partition coefficient (Wildman–Crippen LogP) is 6.65. The molecule has 3 aromatic carbocycles. The Balaban J connectivity index is 1.59. The second-order valence-electron chi connectivity index (χ2n) is 7.68. The van der Waals surface area contributed by atoms with Crippen LogP contribution in [0, 0.1) is 0 Å². The van der Waals surface area contributed by atoms with E-state index in [1.165, 1.54) is 12.8 Å². The summed E-state index contributed by atoms with van der Waals surface area (Å²) in [4.78, 5) is 20.0. The SMILES string of the molecule is O=C(NC1CCCC1)c1ccc2c(c1)N=C(c1ccccc1Cl)c1ccccc1S2. The minimum absolute atomic E-state index is 0.0223. The number of carbonyl (C=O) groups excluding carboxylic acids is 1. The largest absolute Gasteiger partial charge is 0.349 e. The van der Waals surface area contributed by atoms with Crippen LogP contribution in [-0.4, -0.2) is 17.7 Å². The molecule has 1 fully saturated rings. The third-order valence-corrected chi connectivity index (χ3v) is 7.11. The van der Waals surface area contributed by atoms with E-state index in [2.05, 4.69) is 17.4 Å². The van der Waals surface area contributed by atoms with Gasteiger partial charge < -0.3 is 5.32 Å². The van der Waals surface area contributed by atoms with Gasteiger partial charge in [-0.3, -0.25) is 4.79 Å². The minimum Gasteiger partial charge on any atom is -0.349 e. The van der Waals surface area contributed by atoms with Gasteiger partial charge in [-0.1, -0.05) is 72.6 Å². The molecule has 3 aromatic rings. The summed E-state index contributed by atoms with van der Waals surface area (Å²) in [6, 6.07) is 22.1. The highest BCUT2D eigenvalue weighted by Gasteiger charge is 2.22. The molecule has 3 nitrogen and oxygen atoms in total.